The van der Waals surface area contributed by atoms with Crippen LogP contribution >= 0.6 is 11.3 Å². The zero-order chi connectivity index (χ0) is 18.4. The number of anilines is 2. The third kappa shape index (κ3) is 5.17. The summed E-state index contributed by atoms with van der Waals surface area (Å²) in [7, 11) is 0. The molecule has 2 N–H and O–H groups in total. The van der Waals surface area contributed by atoms with Crippen LogP contribution in [0.4, 0.5) is 10.8 Å². The van der Waals surface area contributed by atoms with Crippen molar-refractivity contribution in [1.29, 1.82) is 0 Å². The van der Waals surface area contributed by atoms with Gasteiger partial charge in [0, 0.05) is 29.6 Å². The van der Waals surface area contributed by atoms with Crippen molar-refractivity contribution in [1.82, 2.24) is 4.98 Å². The number of rotatable bonds is 7. The van der Waals surface area contributed by atoms with E-state index >= 15 is 0 Å². The van der Waals surface area contributed by atoms with Gasteiger partial charge in [-0.05, 0) is 23.6 Å². The number of hydrogen-bond acceptors (Lipinski definition) is 4. The molecule has 0 fully saturated rings. The molecular formula is C21H23N3OS. The van der Waals surface area contributed by atoms with E-state index in [9.17, 15) is 4.79 Å². The van der Waals surface area contributed by atoms with Crippen molar-refractivity contribution in [2.75, 3.05) is 10.6 Å². The molecule has 0 radical (unpaired) electrons. The Hall–Kier alpha value is -2.66. The minimum Gasteiger partial charge on any atom is -0.357 e. The first-order chi connectivity index (χ1) is 12.6. The van der Waals surface area contributed by atoms with Crippen LogP contribution in [0, 0.1) is 5.92 Å². The van der Waals surface area contributed by atoms with E-state index in [1.165, 1.54) is 5.56 Å². The third-order valence-corrected chi connectivity index (χ3v) is 4.65. The van der Waals surface area contributed by atoms with Crippen LogP contribution in [-0.4, -0.2) is 10.9 Å². The predicted octanol–water partition coefficient (Wildman–Crippen LogP) is 5.41. The first-order valence-electron chi connectivity index (χ1n) is 8.74. The second-order valence-corrected chi connectivity index (χ2v) is 7.46. The van der Waals surface area contributed by atoms with Crippen LogP contribution in [0.15, 0.2) is 60.0 Å². The van der Waals surface area contributed by atoms with Crippen molar-refractivity contribution >= 4 is 28.1 Å². The second kappa shape index (κ2) is 8.63. The summed E-state index contributed by atoms with van der Waals surface area (Å²) in [6.45, 7) is 4.83. The summed E-state index contributed by atoms with van der Waals surface area (Å²) in [5.74, 6) is 0.403. The minimum atomic E-state index is 0.0498. The molecule has 0 aliphatic carbocycles. The molecule has 1 aromatic heterocycles. The Morgan fingerprint density at radius 3 is 2.50 bits per heavy atom. The Bertz CT molecular complexity index is 841. The highest BCUT2D eigenvalue weighted by Gasteiger charge is 2.07. The van der Waals surface area contributed by atoms with Gasteiger partial charge < -0.3 is 10.6 Å². The number of benzene rings is 2. The summed E-state index contributed by atoms with van der Waals surface area (Å²) in [5.41, 5.74) is 4.02. The Morgan fingerprint density at radius 1 is 1.08 bits per heavy atom. The molecule has 5 heteroatoms. The van der Waals surface area contributed by atoms with E-state index in [4.69, 9.17) is 0 Å². The number of nitrogens with zero attached hydrogens (tertiary/aromatic N) is 1. The van der Waals surface area contributed by atoms with Crippen LogP contribution in [0.5, 0.6) is 0 Å². The van der Waals surface area contributed by atoms with Crippen LogP contribution < -0.4 is 10.6 Å². The predicted molar refractivity (Wildman–Crippen MR) is 109 cm³/mol. The third-order valence-electron chi connectivity index (χ3n) is 3.85. The summed E-state index contributed by atoms with van der Waals surface area (Å²) >= 11 is 1.59. The maximum Gasteiger partial charge on any atom is 0.224 e. The monoisotopic (exact) mass is 365 g/mol. The van der Waals surface area contributed by atoms with Crippen LogP contribution in [-0.2, 0) is 11.3 Å². The van der Waals surface area contributed by atoms with E-state index < -0.39 is 0 Å². The molecule has 26 heavy (non-hydrogen) atoms. The standard InChI is InChI=1S/C21H23N3OS/c1-15(2)12-20(25)23-18-10-8-17(9-11-18)19-14-26-21(24-19)22-13-16-6-4-3-5-7-16/h3-11,14-15H,12-13H2,1-2H3,(H,22,24)(H,23,25). The molecule has 2 aromatic carbocycles. The lowest BCUT2D eigenvalue weighted by Crippen LogP contribution is -2.13. The topological polar surface area (TPSA) is 54.0 Å². The molecule has 0 atom stereocenters. The Kier molecular flexibility index (Phi) is 6.02. The van der Waals surface area contributed by atoms with Gasteiger partial charge in [0.15, 0.2) is 5.13 Å². The second-order valence-electron chi connectivity index (χ2n) is 6.60. The van der Waals surface area contributed by atoms with Gasteiger partial charge in [0.1, 0.15) is 0 Å². The van der Waals surface area contributed by atoms with E-state index in [1.807, 2.05) is 61.7 Å². The molecule has 0 aliphatic heterocycles. The molecule has 0 aliphatic rings. The van der Waals surface area contributed by atoms with Gasteiger partial charge in [-0.15, -0.1) is 11.3 Å². The molecule has 0 unspecified atom stereocenters. The number of nitrogens with one attached hydrogen (secondary N) is 2. The zero-order valence-corrected chi connectivity index (χ0v) is 15.8. The molecule has 1 amide bonds. The molecule has 3 rings (SSSR count). The highest BCUT2D eigenvalue weighted by Crippen LogP contribution is 2.26. The van der Waals surface area contributed by atoms with Gasteiger partial charge >= 0.3 is 0 Å². The maximum atomic E-state index is 11.8. The van der Waals surface area contributed by atoms with Crippen molar-refractivity contribution in [2.45, 2.75) is 26.8 Å². The average molecular weight is 366 g/mol. The molecule has 0 saturated carbocycles. The van der Waals surface area contributed by atoms with Gasteiger partial charge in [-0.3, -0.25) is 4.79 Å². The molecule has 1 heterocycles. The molecule has 0 bridgehead atoms. The van der Waals surface area contributed by atoms with E-state index in [0.29, 0.717) is 12.3 Å². The number of carbonyl (C=O) groups is 1. The van der Waals surface area contributed by atoms with Crippen molar-refractivity contribution < 1.29 is 4.79 Å². The van der Waals surface area contributed by atoms with E-state index in [2.05, 4.69) is 27.8 Å². The fourth-order valence-corrected chi connectivity index (χ4v) is 3.29. The van der Waals surface area contributed by atoms with Gasteiger partial charge in [0.2, 0.25) is 5.91 Å². The SMILES string of the molecule is CC(C)CC(=O)Nc1ccc(-c2csc(NCc3ccccc3)n2)cc1. The van der Waals surface area contributed by atoms with E-state index in [-0.39, 0.29) is 5.91 Å². The fourth-order valence-electron chi connectivity index (χ4n) is 2.57. The highest BCUT2D eigenvalue weighted by molar-refractivity contribution is 7.14. The molecule has 0 spiro atoms. The first-order valence-corrected chi connectivity index (χ1v) is 9.62. The highest BCUT2D eigenvalue weighted by atomic mass is 32.1. The van der Waals surface area contributed by atoms with Gasteiger partial charge in [-0.2, -0.15) is 0 Å². The first kappa shape index (κ1) is 18.1. The number of aromatic nitrogens is 1. The van der Waals surface area contributed by atoms with Gasteiger partial charge in [0.25, 0.3) is 0 Å². The summed E-state index contributed by atoms with van der Waals surface area (Å²) in [6.07, 6.45) is 0.532. The van der Waals surface area contributed by atoms with Crippen molar-refractivity contribution in [3.8, 4) is 11.3 Å². The molecule has 134 valence electrons. The smallest absolute Gasteiger partial charge is 0.224 e. The molecular weight excluding hydrogens is 342 g/mol. The molecule has 4 nitrogen and oxygen atoms in total. The Balaban J connectivity index is 1.59. The Labute approximate surface area is 158 Å². The summed E-state index contributed by atoms with van der Waals surface area (Å²) in [4.78, 5) is 16.5. The lowest BCUT2D eigenvalue weighted by atomic mass is 10.1. The normalized spacial score (nSPS) is 10.7. The summed E-state index contributed by atoms with van der Waals surface area (Å²) in [6, 6.07) is 18.1. The van der Waals surface area contributed by atoms with Crippen molar-refractivity contribution in [3.05, 3.63) is 65.5 Å². The van der Waals surface area contributed by atoms with Crippen LogP contribution in [0.25, 0.3) is 11.3 Å². The minimum absolute atomic E-state index is 0.0498. The summed E-state index contributed by atoms with van der Waals surface area (Å²) in [5, 5.41) is 9.23. The van der Waals surface area contributed by atoms with Crippen molar-refractivity contribution in [3.63, 3.8) is 0 Å². The largest absolute Gasteiger partial charge is 0.357 e. The lowest BCUT2D eigenvalue weighted by molar-refractivity contribution is -0.116. The lowest BCUT2D eigenvalue weighted by Gasteiger charge is -2.07. The zero-order valence-electron chi connectivity index (χ0n) is 15.0. The van der Waals surface area contributed by atoms with Crippen LogP contribution in [0.2, 0.25) is 0 Å². The van der Waals surface area contributed by atoms with Gasteiger partial charge in [-0.1, -0.05) is 56.3 Å². The van der Waals surface area contributed by atoms with Gasteiger partial charge in [-0.25, -0.2) is 4.98 Å². The van der Waals surface area contributed by atoms with Crippen LogP contribution in [0.3, 0.4) is 0 Å². The Morgan fingerprint density at radius 2 is 1.81 bits per heavy atom. The number of carbonyl (C=O) groups excluding carboxylic acids is 1. The number of hydrogen-bond donors (Lipinski definition) is 2. The number of amides is 1. The van der Waals surface area contributed by atoms with E-state index in [0.717, 1.165) is 28.6 Å². The maximum absolute atomic E-state index is 11.8. The van der Waals surface area contributed by atoms with Crippen LogP contribution in [0.1, 0.15) is 25.8 Å². The molecule has 3 aromatic rings. The number of thiazole rings is 1. The van der Waals surface area contributed by atoms with E-state index in [1.54, 1.807) is 11.3 Å². The summed E-state index contributed by atoms with van der Waals surface area (Å²) < 4.78 is 0. The quantitative estimate of drug-likeness (QED) is 0.589. The fraction of sp³-hybridized carbons (Fsp3) is 0.238. The average Bonchev–Trinajstić information content (AvgIpc) is 3.10. The molecule has 0 saturated heterocycles. The van der Waals surface area contributed by atoms with Crippen molar-refractivity contribution in [2.24, 2.45) is 5.92 Å². The van der Waals surface area contributed by atoms with Gasteiger partial charge in [0.05, 0.1) is 5.69 Å².